The van der Waals surface area contributed by atoms with Crippen molar-refractivity contribution >= 4 is 29.1 Å². The lowest BCUT2D eigenvalue weighted by molar-refractivity contribution is -0.136. The van der Waals surface area contributed by atoms with Gasteiger partial charge in [-0.15, -0.1) is 0 Å². The molecule has 174 valence electrons. The Morgan fingerprint density at radius 1 is 1.06 bits per heavy atom. The number of aliphatic hydroxyl groups excluding tert-OH is 1. The lowest BCUT2D eigenvalue weighted by atomic mass is 9.99. The van der Waals surface area contributed by atoms with E-state index in [4.69, 9.17) is 4.74 Å². The molecule has 0 radical (unpaired) electrons. The summed E-state index contributed by atoms with van der Waals surface area (Å²) in [5, 5.41) is 15.5. The lowest BCUT2D eigenvalue weighted by Gasteiger charge is -2.31. The molecule has 0 spiro atoms. The molecule has 0 bridgehead atoms. The Balaban J connectivity index is 1.36. The highest BCUT2D eigenvalue weighted by Crippen LogP contribution is 2.31. The maximum Gasteiger partial charge on any atom is 0.313 e. The van der Waals surface area contributed by atoms with E-state index in [9.17, 15) is 19.5 Å². The molecule has 0 aliphatic carbocycles. The van der Waals surface area contributed by atoms with Crippen molar-refractivity contribution in [2.75, 3.05) is 29.9 Å². The number of aliphatic hydroxyl groups is 1. The first-order valence-corrected chi connectivity index (χ1v) is 11.3. The predicted molar refractivity (Wildman–Crippen MR) is 124 cm³/mol. The standard InChI is InChI=1S/C25H29N3O5/c1-15(2)25(32)28-10-3-4-16-5-7-19(13-20(16)28)27-24(31)23(30)26-14-21(29)17-6-8-22-18(12-17)9-11-33-22/h5-8,12-13,15,21,29H,3-4,9-11,14H2,1-2H3,(H,26,30)(H,27,31). The van der Waals surface area contributed by atoms with E-state index in [1.165, 1.54) is 0 Å². The molecule has 2 aliphatic rings. The first kappa shape index (κ1) is 22.8. The zero-order chi connectivity index (χ0) is 23.5. The van der Waals surface area contributed by atoms with E-state index in [0.29, 0.717) is 24.4 Å². The van der Waals surface area contributed by atoms with Crippen molar-refractivity contribution in [1.82, 2.24) is 5.32 Å². The van der Waals surface area contributed by atoms with Crippen LogP contribution in [0.5, 0.6) is 5.75 Å². The molecule has 0 saturated carbocycles. The Morgan fingerprint density at radius 2 is 1.88 bits per heavy atom. The summed E-state index contributed by atoms with van der Waals surface area (Å²) in [6, 6.07) is 10.8. The van der Waals surface area contributed by atoms with Gasteiger partial charge < -0.3 is 25.4 Å². The van der Waals surface area contributed by atoms with Gasteiger partial charge in [0.15, 0.2) is 0 Å². The van der Waals surface area contributed by atoms with E-state index in [2.05, 4.69) is 10.6 Å². The van der Waals surface area contributed by atoms with Crippen molar-refractivity contribution < 1.29 is 24.2 Å². The number of nitrogens with zero attached hydrogens (tertiary/aromatic N) is 1. The monoisotopic (exact) mass is 451 g/mol. The molecule has 2 aliphatic heterocycles. The molecule has 33 heavy (non-hydrogen) atoms. The number of hydrogen-bond donors (Lipinski definition) is 3. The van der Waals surface area contributed by atoms with Crippen LogP contribution in [0.4, 0.5) is 11.4 Å². The summed E-state index contributed by atoms with van der Waals surface area (Å²) in [5.41, 5.74) is 3.93. The summed E-state index contributed by atoms with van der Waals surface area (Å²) in [4.78, 5) is 39.0. The molecule has 0 aromatic heterocycles. The lowest BCUT2D eigenvalue weighted by Crippen LogP contribution is -2.39. The smallest absolute Gasteiger partial charge is 0.313 e. The average Bonchev–Trinajstić information content (AvgIpc) is 3.29. The number of rotatable bonds is 5. The van der Waals surface area contributed by atoms with Gasteiger partial charge in [-0.25, -0.2) is 0 Å². The minimum Gasteiger partial charge on any atom is -0.493 e. The van der Waals surface area contributed by atoms with Gasteiger partial charge in [-0.05, 0) is 53.8 Å². The molecule has 0 fully saturated rings. The minimum atomic E-state index is -0.938. The number of benzene rings is 2. The Kier molecular flexibility index (Phi) is 6.65. The molecular weight excluding hydrogens is 422 g/mol. The molecule has 1 atom stereocenters. The van der Waals surface area contributed by atoms with E-state index in [-0.39, 0.29) is 18.4 Å². The molecule has 8 nitrogen and oxygen atoms in total. The maximum absolute atomic E-state index is 12.6. The summed E-state index contributed by atoms with van der Waals surface area (Å²) in [7, 11) is 0. The number of anilines is 2. The maximum atomic E-state index is 12.6. The van der Waals surface area contributed by atoms with Crippen LogP contribution in [-0.2, 0) is 27.2 Å². The van der Waals surface area contributed by atoms with Crippen molar-refractivity contribution in [1.29, 1.82) is 0 Å². The third-order valence-corrected chi connectivity index (χ3v) is 5.98. The fraction of sp³-hybridized carbons (Fsp3) is 0.400. The number of aryl methyl sites for hydroxylation is 1. The second-order valence-corrected chi connectivity index (χ2v) is 8.74. The third kappa shape index (κ3) is 5.01. The fourth-order valence-corrected chi connectivity index (χ4v) is 4.18. The van der Waals surface area contributed by atoms with Gasteiger partial charge in [0, 0.05) is 36.8 Å². The van der Waals surface area contributed by atoms with Crippen LogP contribution in [0.25, 0.3) is 0 Å². The minimum absolute atomic E-state index is 0.0317. The molecule has 2 aromatic carbocycles. The molecule has 3 amide bonds. The summed E-state index contributed by atoms with van der Waals surface area (Å²) < 4.78 is 5.46. The van der Waals surface area contributed by atoms with Crippen LogP contribution in [-0.4, -0.2) is 42.5 Å². The first-order chi connectivity index (χ1) is 15.8. The molecule has 0 saturated heterocycles. The molecule has 2 heterocycles. The second kappa shape index (κ2) is 9.62. The van der Waals surface area contributed by atoms with Gasteiger partial charge in [0.1, 0.15) is 5.75 Å². The highest BCUT2D eigenvalue weighted by atomic mass is 16.5. The van der Waals surface area contributed by atoms with Gasteiger partial charge in [0.25, 0.3) is 0 Å². The van der Waals surface area contributed by atoms with Gasteiger partial charge in [0.2, 0.25) is 5.91 Å². The third-order valence-electron chi connectivity index (χ3n) is 5.98. The second-order valence-electron chi connectivity index (χ2n) is 8.74. The van der Waals surface area contributed by atoms with Crippen LogP contribution in [0.2, 0.25) is 0 Å². The number of carbonyl (C=O) groups is 3. The van der Waals surface area contributed by atoms with Gasteiger partial charge in [-0.2, -0.15) is 0 Å². The summed E-state index contributed by atoms with van der Waals surface area (Å²) in [5.74, 6) is -0.963. The Bertz CT molecular complexity index is 1080. The zero-order valence-corrected chi connectivity index (χ0v) is 18.9. The van der Waals surface area contributed by atoms with E-state index in [1.54, 1.807) is 29.2 Å². The first-order valence-electron chi connectivity index (χ1n) is 11.3. The van der Waals surface area contributed by atoms with E-state index in [1.807, 2.05) is 26.0 Å². The summed E-state index contributed by atoms with van der Waals surface area (Å²) in [6.45, 7) is 4.88. The van der Waals surface area contributed by atoms with Crippen molar-refractivity contribution in [3.63, 3.8) is 0 Å². The van der Waals surface area contributed by atoms with E-state index >= 15 is 0 Å². The van der Waals surface area contributed by atoms with Gasteiger partial charge in [-0.1, -0.05) is 26.0 Å². The van der Waals surface area contributed by atoms with Crippen molar-refractivity contribution in [2.45, 2.75) is 39.2 Å². The van der Waals surface area contributed by atoms with Crippen molar-refractivity contribution in [2.24, 2.45) is 5.92 Å². The van der Waals surface area contributed by atoms with Crippen molar-refractivity contribution in [3.05, 3.63) is 53.1 Å². The molecule has 3 N–H and O–H groups in total. The molecule has 8 heteroatoms. The van der Waals surface area contributed by atoms with Crippen LogP contribution in [0.3, 0.4) is 0 Å². The fourth-order valence-electron chi connectivity index (χ4n) is 4.18. The topological polar surface area (TPSA) is 108 Å². The summed E-state index contributed by atoms with van der Waals surface area (Å²) >= 11 is 0. The number of amides is 3. The zero-order valence-electron chi connectivity index (χ0n) is 18.9. The van der Waals surface area contributed by atoms with Crippen molar-refractivity contribution in [3.8, 4) is 5.75 Å². The number of nitrogens with one attached hydrogen (secondary N) is 2. The van der Waals surface area contributed by atoms with E-state index < -0.39 is 17.9 Å². The van der Waals surface area contributed by atoms with Crippen LogP contribution >= 0.6 is 0 Å². The van der Waals surface area contributed by atoms with Crippen LogP contribution in [0.15, 0.2) is 36.4 Å². The van der Waals surface area contributed by atoms with Gasteiger partial charge in [0.05, 0.1) is 12.7 Å². The molecular formula is C25H29N3O5. The SMILES string of the molecule is CC(C)C(=O)N1CCCc2ccc(NC(=O)C(=O)NCC(O)c3ccc4c(c3)CCO4)cc21. The predicted octanol–water partition coefficient (Wildman–Crippen LogP) is 2.34. The Hall–Kier alpha value is -3.39. The Morgan fingerprint density at radius 3 is 2.67 bits per heavy atom. The quantitative estimate of drug-likeness (QED) is 0.605. The molecule has 2 aromatic rings. The highest BCUT2D eigenvalue weighted by molar-refractivity contribution is 6.39. The average molecular weight is 452 g/mol. The number of ether oxygens (including phenoxy) is 1. The van der Waals surface area contributed by atoms with Crippen LogP contribution in [0, 0.1) is 5.92 Å². The number of hydrogen-bond acceptors (Lipinski definition) is 5. The largest absolute Gasteiger partial charge is 0.493 e. The molecule has 4 rings (SSSR count). The normalized spacial score (nSPS) is 15.3. The van der Waals surface area contributed by atoms with E-state index in [0.717, 1.165) is 41.8 Å². The highest BCUT2D eigenvalue weighted by Gasteiger charge is 2.25. The van der Waals surface area contributed by atoms with Crippen LogP contribution in [0.1, 0.15) is 43.1 Å². The van der Waals surface area contributed by atoms with Crippen LogP contribution < -0.4 is 20.3 Å². The Labute approximate surface area is 192 Å². The molecule has 1 unspecified atom stereocenters. The number of carbonyl (C=O) groups excluding carboxylic acids is 3. The van der Waals surface area contributed by atoms with Gasteiger partial charge in [-0.3, -0.25) is 14.4 Å². The van der Waals surface area contributed by atoms with Gasteiger partial charge >= 0.3 is 11.8 Å². The summed E-state index contributed by atoms with van der Waals surface area (Å²) in [6.07, 6.45) is 1.59. The number of fused-ring (bicyclic) bond motifs is 2.